The first-order valence-corrected chi connectivity index (χ1v) is 36.0. The maximum atomic E-state index is 11.9. The molecule has 0 spiro atoms. The molecule has 7 aromatic carbocycles. The van der Waals surface area contributed by atoms with Crippen LogP contribution in [0.3, 0.4) is 0 Å². The second kappa shape index (κ2) is 49.0. The molecule has 584 valence electrons. The second-order valence-corrected chi connectivity index (χ2v) is 26.2. The lowest BCUT2D eigenvalue weighted by molar-refractivity contribution is -0.127. The van der Waals surface area contributed by atoms with Crippen molar-refractivity contribution >= 4 is 66.0 Å². The van der Waals surface area contributed by atoms with Gasteiger partial charge in [-0.05, 0) is 259 Å². The van der Waals surface area contributed by atoms with Gasteiger partial charge in [-0.2, -0.15) is 0 Å². The summed E-state index contributed by atoms with van der Waals surface area (Å²) in [6.45, 7) is 34.1. The van der Waals surface area contributed by atoms with Crippen LogP contribution in [0, 0.1) is 69.2 Å². The molecule has 0 fully saturated rings. The predicted molar refractivity (Wildman–Crippen MR) is 427 cm³/mol. The molecule has 0 saturated carbocycles. The summed E-state index contributed by atoms with van der Waals surface area (Å²) in [5, 5.41) is 14.4. The highest BCUT2D eigenvalue weighted by Crippen LogP contribution is 2.32. The number of rotatable bonds is 15. The van der Waals surface area contributed by atoms with E-state index in [1.165, 1.54) is 58.3 Å². The average Bonchev–Trinajstić information content (AvgIpc) is 0.841. The van der Waals surface area contributed by atoms with E-state index >= 15 is 0 Å². The zero-order valence-electron chi connectivity index (χ0n) is 67.5. The Kier molecular flexibility index (Phi) is 43.0. The van der Waals surface area contributed by atoms with E-state index in [-0.39, 0.29) is 12.0 Å². The van der Waals surface area contributed by atoms with Crippen LogP contribution in [0.2, 0.25) is 0 Å². The lowest BCUT2D eigenvalue weighted by Crippen LogP contribution is -2.35. The zero-order valence-corrected chi connectivity index (χ0v) is 68.3. The fourth-order valence-electron chi connectivity index (χ4n) is 9.52. The summed E-state index contributed by atoms with van der Waals surface area (Å²) in [7, 11) is 14.6. The van der Waals surface area contributed by atoms with Gasteiger partial charge in [-0.25, -0.2) is 33.6 Å². The van der Waals surface area contributed by atoms with E-state index in [2.05, 4.69) is 71.7 Å². The number of imide groups is 1. The van der Waals surface area contributed by atoms with Crippen molar-refractivity contribution < 1.29 is 76.3 Å². The van der Waals surface area contributed by atoms with Crippen LogP contribution in [0.15, 0.2) is 126 Å². The smallest absolute Gasteiger partial charge is 0.421 e. The highest BCUT2D eigenvalue weighted by Gasteiger charge is 2.19. The van der Waals surface area contributed by atoms with Crippen LogP contribution in [-0.2, 0) is 4.79 Å². The van der Waals surface area contributed by atoms with Gasteiger partial charge in [0.1, 0.15) is 34.5 Å². The molecule has 0 aliphatic heterocycles. The van der Waals surface area contributed by atoms with E-state index in [4.69, 9.17) is 37.9 Å². The van der Waals surface area contributed by atoms with Gasteiger partial charge in [0.25, 0.3) is 0 Å². The van der Waals surface area contributed by atoms with E-state index in [9.17, 15) is 38.4 Å². The minimum atomic E-state index is -0.635. The van der Waals surface area contributed by atoms with Crippen molar-refractivity contribution in [2.75, 3.05) is 74.6 Å². The maximum absolute atomic E-state index is 11.9. The first kappa shape index (κ1) is 94.1. The summed E-state index contributed by atoms with van der Waals surface area (Å²) in [6, 6.07) is 37.1. The van der Waals surface area contributed by atoms with E-state index in [0.29, 0.717) is 70.7 Å². The van der Waals surface area contributed by atoms with Crippen molar-refractivity contribution in [3.63, 3.8) is 0 Å². The average molecular weight is 1500 g/mol. The lowest BCUT2D eigenvalue weighted by atomic mass is 10.0. The van der Waals surface area contributed by atoms with Gasteiger partial charge < -0.3 is 74.7 Å². The van der Waals surface area contributed by atoms with E-state index in [0.717, 1.165) is 66.2 Å². The summed E-state index contributed by atoms with van der Waals surface area (Å²) < 4.78 is 41.0. The molecular formula is C82H114N8O16S. The number of para-hydroxylation sites is 2. The number of hydrogen-bond donors (Lipinski definition) is 6. The minimum Gasteiger partial charge on any atom is -0.487 e. The molecule has 7 aromatic rings. The van der Waals surface area contributed by atoms with Gasteiger partial charge in [0.2, 0.25) is 5.91 Å². The fourth-order valence-corrected chi connectivity index (χ4v) is 10.3. The standard InChI is InChI=1S/C16H23NO3.C12H18N2O2.C12H17NO2.C11H15NO3.C11H15NO2S.C11H15NO2.C9H11NO2/c1-6-7-15(18)17(5)16(19)20-14-9-12(4)8-13(10-14)11(2)3;1-8-6-10(16-12(15)13-3)7-9(2)11(8)14(4)5;1-8(2)10-5-9(3)6-11(7-10)15-12(14)13-4;1-8(2)14-9-6-4-5-7-10(9)15-11(13)12-3;1-7-5-9(14-11(13)12-3)6-8(2)10(7)15-4;1-7-5-10(14-11(13)12-4)6-8(2)9(7)3;1-7-4-3-5-8(6-7)12-9(11)10-2/h8-11H,6-7H2,1-5H3;6-7H,1-5H3,(H,13,15);5-8H,1-4H3,(H,13,14);4-8H,1-3H3,(H,12,13);5-6H,1-4H3,(H,12,13);5-6H,1-4H3,(H,12,13);3-6H,1-2H3,(H,10,11). The van der Waals surface area contributed by atoms with Crippen molar-refractivity contribution in [3.8, 4) is 46.0 Å². The Morgan fingerprint density at radius 1 is 0.393 bits per heavy atom. The van der Waals surface area contributed by atoms with Crippen LogP contribution in [0.5, 0.6) is 46.0 Å². The number of aryl methyl sites for hydroxylation is 9. The van der Waals surface area contributed by atoms with Gasteiger partial charge in [-0.3, -0.25) is 9.69 Å². The third-order valence-corrected chi connectivity index (χ3v) is 16.0. The van der Waals surface area contributed by atoms with Crippen LogP contribution >= 0.6 is 11.8 Å². The molecule has 0 aliphatic carbocycles. The molecule has 0 aliphatic rings. The molecule has 25 heteroatoms. The quantitative estimate of drug-likeness (QED) is 0.0520. The van der Waals surface area contributed by atoms with E-state index < -0.39 is 42.7 Å². The number of hydrogen-bond acceptors (Lipinski definition) is 18. The van der Waals surface area contributed by atoms with Crippen molar-refractivity contribution in [2.45, 2.75) is 153 Å². The van der Waals surface area contributed by atoms with Crippen molar-refractivity contribution in [3.05, 3.63) is 188 Å². The largest absolute Gasteiger partial charge is 0.487 e. The third kappa shape index (κ3) is 36.1. The van der Waals surface area contributed by atoms with Crippen molar-refractivity contribution in [1.29, 1.82) is 0 Å². The Hall–Kier alpha value is -11.0. The van der Waals surface area contributed by atoms with Crippen LogP contribution in [0.25, 0.3) is 0 Å². The van der Waals surface area contributed by atoms with Crippen molar-refractivity contribution in [2.24, 2.45) is 0 Å². The number of ether oxygens (including phenoxy) is 8. The molecule has 0 heterocycles. The topological polar surface area (TPSA) is 289 Å². The first-order valence-electron chi connectivity index (χ1n) is 34.7. The summed E-state index contributed by atoms with van der Waals surface area (Å²) in [6.07, 6.45) is -0.215. The summed E-state index contributed by atoms with van der Waals surface area (Å²) >= 11 is 1.70. The summed E-state index contributed by atoms with van der Waals surface area (Å²) in [5.74, 6) is 4.92. The van der Waals surface area contributed by atoms with Crippen LogP contribution in [-0.4, -0.2) is 129 Å². The molecule has 8 amide bonds. The number of benzene rings is 7. The molecule has 6 N–H and O–H groups in total. The number of amides is 8. The van der Waals surface area contributed by atoms with Gasteiger partial charge in [0.05, 0.1) is 6.10 Å². The van der Waals surface area contributed by atoms with Crippen LogP contribution in [0.4, 0.5) is 39.2 Å². The molecule has 0 aromatic heterocycles. The molecule has 107 heavy (non-hydrogen) atoms. The van der Waals surface area contributed by atoms with Gasteiger partial charge >= 0.3 is 42.7 Å². The fraction of sp³-hybridized carbons (Fsp3) is 0.390. The normalized spacial score (nSPS) is 9.93. The van der Waals surface area contributed by atoms with Crippen LogP contribution < -0.4 is 74.7 Å². The molecular weight excluding hydrogens is 1390 g/mol. The SMILES string of the molecule is CCCC(=O)N(C)C(=O)Oc1cc(C)cc(C(C)C)c1.CNC(=O)Oc1cc(C)c(C)c(C)c1.CNC(=O)Oc1cc(C)c(N(C)C)c(C)c1.CNC(=O)Oc1cc(C)c(SC)c(C)c1.CNC(=O)Oc1cc(C)cc(C(C)C)c1.CNC(=O)Oc1cccc(C)c1.CNC(=O)Oc1ccccc1OC(C)C. The highest BCUT2D eigenvalue weighted by molar-refractivity contribution is 7.98. The Labute approximate surface area is 638 Å². The number of carbonyl (C=O) groups is 8. The first-order chi connectivity index (χ1) is 50.3. The highest BCUT2D eigenvalue weighted by atomic mass is 32.2. The zero-order chi connectivity index (χ0) is 81.4. The van der Waals surface area contributed by atoms with Gasteiger partial charge in [0, 0.05) is 80.4 Å². The molecule has 0 radical (unpaired) electrons. The molecule has 0 saturated heterocycles. The molecule has 0 bridgehead atoms. The van der Waals surface area contributed by atoms with Gasteiger partial charge in [0.15, 0.2) is 11.5 Å². The number of carbonyl (C=O) groups excluding carboxylic acids is 8. The number of nitrogens with zero attached hydrogens (tertiary/aromatic N) is 2. The van der Waals surface area contributed by atoms with Gasteiger partial charge in [-0.15, -0.1) is 11.8 Å². The van der Waals surface area contributed by atoms with Crippen LogP contribution in [0.1, 0.15) is 140 Å². The van der Waals surface area contributed by atoms with Crippen molar-refractivity contribution in [1.82, 2.24) is 36.8 Å². The Morgan fingerprint density at radius 3 is 1.09 bits per heavy atom. The number of anilines is 1. The summed E-state index contributed by atoms with van der Waals surface area (Å²) in [5.41, 5.74) is 14.5. The minimum absolute atomic E-state index is 0.0411. The van der Waals surface area contributed by atoms with Gasteiger partial charge in [-0.1, -0.05) is 71.0 Å². The Morgan fingerprint density at radius 2 is 0.738 bits per heavy atom. The number of thioether (sulfide) groups is 1. The number of nitrogens with one attached hydrogen (secondary N) is 6. The van der Waals surface area contributed by atoms with E-state index in [1.807, 2.05) is 188 Å². The van der Waals surface area contributed by atoms with E-state index in [1.54, 1.807) is 55.2 Å². The molecule has 0 atom stereocenters. The molecule has 7 rings (SSSR count). The molecule has 0 unspecified atom stereocenters. The Bertz CT molecular complexity index is 3980. The monoisotopic (exact) mass is 1500 g/mol. The predicted octanol–water partition coefficient (Wildman–Crippen LogP) is 17.8. The second-order valence-electron chi connectivity index (χ2n) is 25.4. The summed E-state index contributed by atoms with van der Waals surface area (Å²) in [4.78, 5) is 93.7. The third-order valence-electron chi connectivity index (χ3n) is 14.9. The molecule has 24 nitrogen and oxygen atoms in total. The Balaban J connectivity index is 0.000000627. The lowest BCUT2D eigenvalue weighted by Gasteiger charge is -2.19. The maximum Gasteiger partial charge on any atom is 0.421 e.